The molecule has 0 aromatic carbocycles. The average Bonchev–Trinajstić information content (AvgIpc) is 0.711. The predicted octanol–water partition coefficient (Wildman–Crippen LogP) is 20.1. The topological polar surface area (TPSA) is 160 Å². The van der Waals surface area contributed by atoms with Crippen molar-refractivity contribution >= 4 is 11.8 Å². The standard InChI is InChI=1S/C42H12F70N2O14/c43-9(21(57,58)59,119-35(97,98)13(49,25(69,70)71)123-39(105,106)17(53,29(81,82)83)127-41(109,110)19(55,31(87,88)89)125-37(101,102)15(51,27(75,76)77)121-33(93,94)11(45,46)23(63,64)65)7(115)113-1-3-117-5-6-114(2-4-118-6)8(116)10(44,22(60,61)62)120-36(99,100)14(50,26(72,73)74)124-40(107,108)18(54,30(84,85)86)128-42(111,112)20(56,32(90,91)92)126-38(103,104)16(52,28(78,79)80)122-34(95,96)12(47,48)24(66,67)68/h6H,1-5H2,(H,113,115). The number of carbonyl (C=O) groups excluding carboxylic acids is 2. The van der Waals surface area contributed by atoms with E-state index in [9.17, 15) is 282 Å². The maximum atomic E-state index is 15.7. The summed E-state index contributed by atoms with van der Waals surface area (Å²) in [6.45, 7) is -12.3. The third-order valence-electron chi connectivity index (χ3n) is 13.4. The highest BCUT2D eigenvalue weighted by Crippen LogP contribution is 2.67. The van der Waals surface area contributed by atoms with Crippen molar-refractivity contribution in [3.05, 3.63) is 0 Å². The van der Waals surface area contributed by atoms with Gasteiger partial charge < -0.3 is 19.7 Å². The Labute approximate surface area is 641 Å². The van der Waals surface area contributed by atoms with Crippen molar-refractivity contribution in [1.82, 2.24) is 10.2 Å². The molecule has 1 aliphatic heterocycles. The number of ether oxygens (including phenoxy) is 12. The number of nitrogens with one attached hydrogen (secondary N) is 1. The molecule has 0 bridgehead atoms. The van der Waals surface area contributed by atoms with Crippen LogP contribution in [0.2, 0.25) is 0 Å². The van der Waals surface area contributed by atoms with E-state index in [4.69, 9.17) is 0 Å². The highest BCUT2D eigenvalue weighted by Gasteiger charge is 2.96. The summed E-state index contributed by atoms with van der Waals surface area (Å²) in [4.78, 5) is 23.2. The van der Waals surface area contributed by atoms with Crippen LogP contribution in [-0.4, -0.2) is 261 Å². The molecule has 1 N–H and O–H groups in total. The van der Waals surface area contributed by atoms with Crippen molar-refractivity contribution in [2.45, 2.75) is 212 Å². The molecule has 1 heterocycles. The Kier molecular flexibility index (Phi) is 31.1. The molecule has 0 saturated carbocycles. The van der Waals surface area contributed by atoms with Crippen molar-refractivity contribution < 1.29 is 374 Å². The van der Waals surface area contributed by atoms with E-state index in [1.807, 2.05) is 0 Å². The smallest absolute Gasteiger partial charge is 0.375 e. The van der Waals surface area contributed by atoms with Crippen LogP contribution in [0.25, 0.3) is 0 Å². The van der Waals surface area contributed by atoms with E-state index in [2.05, 4.69) is 9.47 Å². The lowest BCUT2D eigenvalue weighted by molar-refractivity contribution is -0.600. The van der Waals surface area contributed by atoms with Gasteiger partial charge in [0.1, 0.15) is 0 Å². The molecule has 1 saturated heterocycles. The van der Waals surface area contributed by atoms with E-state index >= 15 is 35.1 Å². The fourth-order valence-electron chi connectivity index (χ4n) is 7.07. The van der Waals surface area contributed by atoms with Crippen LogP contribution in [0, 0.1) is 0 Å². The zero-order valence-electron chi connectivity index (χ0n) is 55.2. The number of halogens is 70. The van der Waals surface area contributed by atoms with Gasteiger partial charge in [-0.1, -0.05) is 0 Å². The fourth-order valence-corrected chi connectivity index (χ4v) is 7.07. The Balaban J connectivity index is 4.04. The van der Waals surface area contributed by atoms with Gasteiger partial charge in [0.25, 0.3) is 11.8 Å². The number of hydrogen-bond donors (Lipinski definition) is 1. The van der Waals surface area contributed by atoms with Crippen molar-refractivity contribution in [1.29, 1.82) is 0 Å². The molecule has 1 aliphatic rings. The zero-order chi connectivity index (χ0) is 104. The molecule has 0 aliphatic carbocycles. The molecule has 11 atom stereocenters. The van der Waals surface area contributed by atoms with Crippen LogP contribution < -0.4 is 5.32 Å². The van der Waals surface area contributed by atoms with Gasteiger partial charge >= 0.3 is 206 Å². The van der Waals surface area contributed by atoms with Crippen LogP contribution >= 0.6 is 0 Å². The van der Waals surface area contributed by atoms with Crippen LogP contribution in [0.3, 0.4) is 0 Å². The van der Waals surface area contributed by atoms with Gasteiger partial charge in [-0.15, -0.1) is 0 Å². The number of carbonyl (C=O) groups is 2. The van der Waals surface area contributed by atoms with Crippen LogP contribution in [0.4, 0.5) is 307 Å². The third kappa shape index (κ3) is 20.6. The number of amides is 2. The van der Waals surface area contributed by atoms with Gasteiger partial charge in [0, 0.05) is 13.1 Å². The van der Waals surface area contributed by atoms with E-state index in [1.54, 1.807) is 0 Å². The quantitative estimate of drug-likeness (QED) is 0.0462. The molecule has 1 fully saturated rings. The molecular weight excluding hydrogens is 2090 g/mol. The summed E-state index contributed by atoms with van der Waals surface area (Å²) in [6.07, 6.45) is -209. The molecular formula is C42H12F70N2O14. The monoisotopic (exact) mass is 2100 g/mol. The number of rotatable bonds is 37. The van der Waals surface area contributed by atoms with Crippen molar-refractivity contribution in [3.63, 3.8) is 0 Å². The molecule has 128 heavy (non-hydrogen) atoms. The SMILES string of the molecule is O=C(NCCOCC1OCCN1C(=O)C(F)(OC(F)(F)C(F)(OC(F)(F)C(F)(OC(F)(F)C(F)(OC(F)(F)C(F)(OC(F)(F)C(F)(F)C(F)(F)F)C(F)(F)F)C(F)(F)F)C(F)(F)F)C(F)(F)F)C(F)(F)F)C(F)(OC(F)(F)C(F)(OC(F)(F)C(F)(OC(F)(F)C(F)(OC(F)(F)C(F)(OC(F)(F)C(F)(F)C(F)(F)F)C(F)(F)F)C(F)(F)F)C(F)(F)F)C(F)(F)F)C(F)(F)F. The van der Waals surface area contributed by atoms with Gasteiger partial charge in [-0.2, -0.15) is 307 Å². The molecule has 0 spiro atoms. The summed E-state index contributed by atoms with van der Waals surface area (Å²) in [6, 6.07) is 0. The number of alkyl halides is 70. The summed E-state index contributed by atoms with van der Waals surface area (Å²) in [5, 5.41) is -0.206. The second kappa shape index (κ2) is 33.3. The van der Waals surface area contributed by atoms with E-state index < -0.39 is 261 Å². The van der Waals surface area contributed by atoms with Gasteiger partial charge in [0.05, 0.1) is 19.8 Å². The van der Waals surface area contributed by atoms with Crippen LogP contribution in [0.1, 0.15) is 0 Å². The first-order valence-electron chi connectivity index (χ1n) is 27.6. The molecule has 0 radical (unpaired) electrons. The van der Waals surface area contributed by atoms with Gasteiger partial charge in [-0.05, 0) is 0 Å². The lowest BCUT2D eigenvalue weighted by atomic mass is 10.2. The van der Waals surface area contributed by atoms with Crippen molar-refractivity contribution in [3.8, 4) is 0 Å². The minimum absolute atomic E-state index is 0.206. The fraction of sp³-hybridized carbons (Fsp3) is 0.952. The predicted molar refractivity (Wildman–Crippen MR) is 227 cm³/mol. The first-order valence-corrected chi connectivity index (χ1v) is 27.6. The third-order valence-corrected chi connectivity index (χ3v) is 13.4. The minimum atomic E-state index is -10.0. The van der Waals surface area contributed by atoms with Gasteiger partial charge in [0.15, 0.2) is 6.23 Å². The molecule has 764 valence electrons. The molecule has 1 rings (SSSR count). The van der Waals surface area contributed by atoms with Crippen LogP contribution in [0.15, 0.2) is 0 Å². The second-order valence-corrected chi connectivity index (χ2v) is 22.4. The lowest BCUT2D eigenvalue weighted by Gasteiger charge is -2.44. The normalized spacial score (nSPS) is 21.5. The second-order valence-electron chi connectivity index (χ2n) is 22.4. The zero-order valence-corrected chi connectivity index (χ0v) is 55.2. The van der Waals surface area contributed by atoms with Crippen molar-refractivity contribution in [2.24, 2.45) is 0 Å². The number of nitrogens with zero attached hydrogens (tertiary/aromatic N) is 1. The Hall–Kier alpha value is -6.44. The summed E-state index contributed by atoms with van der Waals surface area (Å²) >= 11 is 0. The molecule has 0 aromatic heterocycles. The lowest BCUT2D eigenvalue weighted by Crippen LogP contribution is -2.73. The maximum Gasteiger partial charge on any atom is 0.462 e. The van der Waals surface area contributed by atoms with E-state index in [1.165, 1.54) is 9.47 Å². The molecule has 2 amide bonds. The van der Waals surface area contributed by atoms with Gasteiger partial charge in [-0.25, -0.2) is 0 Å². The molecule has 11 unspecified atom stereocenters. The van der Waals surface area contributed by atoms with Crippen LogP contribution in [-0.2, 0) is 66.4 Å². The Morgan fingerprint density at radius 1 is 0.242 bits per heavy atom. The molecule has 86 heteroatoms. The first kappa shape index (κ1) is 120. The largest absolute Gasteiger partial charge is 0.462 e. The first-order chi connectivity index (χ1) is 54.6. The minimum Gasteiger partial charge on any atom is -0.375 e. The Morgan fingerprint density at radius 3 is 0.602 bits per heavy atom. The maximum absolute atomic E-state index is 15.7. The number of hydrogen-bond acceptors (Lipinski definition) is 14. The van der Waals surface area contributed by atoms with Crippen LogP contribution in [0.5, 0.6) is 0 Å². The highest BCUT2D eigenvalue weighted by atomic mass is 19.5. The Morgan fingerprint density at radius 2 is 0.422 bits per heavy atom. The summed E-state index contributed by atoms with van der Waals surface area (Å²) < 4.78 is 995. The highest BCUT2D eigenvalue weighted by molar-refractivity contribution is 5.85. The van der Waals surface area contributed by atoms with Gasteiger partial charge in [0.2, 0.25) is 0 Å². The van der Waals surface area contributed by atoms with Gasteiger partial charge in [-0.3, -0.25) is 57.0 Å². The van der Waals surface area contributed by atoms with E-state index in [0.29, 0.717) is 28.4 Å². The summed E-state index contributed by atoms with van der Waals surface area (Å²) in [5.74, 6) is -122. The Bertz CT molecular complexity index is 3810. The van der Waals surface area contributed by atoms with E-state index in [0.717, 1.165) is 9.47 Å². The molecule has 0 aromatic rings. The molecule has 16 nitrogen and oxygen atoms in total. The van der Waals surface area contributed by atoms with E-state index in [-0.39, 0.29) is 5.32 Å². The average molecular weight is 2100 g/mol. The summed E-state index contributed by atoms with van der Waals surface area (Å²) in [7, 11) is 0. The summed E-state index contributed by atoms with van der Waals surface area (Å²) in [5.41, 5.74) is 0. The van der Waals surface area contributed by atoms with Crippen molar-refractivity contribution in [2.75, 3.05) is 32.9 Å².